The summed E-state index contributed by atoms with van der Waals surface area (Å²) in [5, 5.41) is 2.62. The van der Waals surface area contributed by atoms with Crippen LogP contribution in [0.15, 0.2) is 48.5 Å². The molecule has 0 aliphatic rings. The average Bonchev–Trinajstić information content (AvgIpc) is 2.65. The van der Waals surface area contributed by atoms with E-state index in [0.717, 1.165) is 6.54 Å². The molecule has 1 aromatic heterocycles. The van der Waals surface area contributed by atoms with Gasteiger partial charge in [0.1, 0.15) is 0 Å². The zero-order valence-electron chi connectivity index (χ0n) is 9.93. The average molecular weight is 224 g/mol. The molecule has 0 amide bonds. The topological polar surface area (TPSA) is 30.9 Å². The van der Waals surface area contributed by atoms with Crippen molar-refractivity contribution in [1.29, 1.82) is 0 Å². The molecule has 0 saturated heterocycles. The Morgan fingerprint density at radius 3 is 1.88 bits per heavy atom. The van der Waals surface area contributed by atoms with Crippen LogP contribution in [0.5, 0.6) is 0 Å². The lowest BCUT2D eigenvalue weighted by atomic mass is 10.2. The Morgan fingerprint density at radius 2 is 1.41 bits per heavy atom. The number of nitrogens with two attached hydrogens (primary N) is 1. The first-order valence-corrected chi connectivity index (χ1v) is 5.99. The van der Waals surface area contributed by atoms with Crippen molar-refractivity contribution in [1.82, 2.24) is 4.57 Å². The molecule has 3 rings (SSSR count). The number of benzene rings is 2. The molecule has 0 aliphatic heterocycles. The van der Waals surface area contributed by atoms with Gasteiger partial charge in [-0.15, -0.1) is 0 Å². The summed E-state index contributed by atoms with van der Waals surface area (Å²) in [6.07, 6.45) is 0. The van der Waals surface area contributed by atoms with Crippen molar-refractivity contribution in [2.75, 3.05) is 0 Å². The fraction of sp³-hybridized carbons (Fsp3) is 0.200. The van der Waals surface area contributed by atoms with E-state index in [1.54, 1.807) is 0 Å². The van der Waals surface area contributed by atoms with E-state index in [9.17, 15) is 0 Å². The van der Waals surface area contributed by atoms with Crippen LogP contribution in [-0.4, -0.2) is 10.6 Å². The van der Waals surface area contributed by atoms with E-state index in [4.69, 9.17) is 5.73 Å². The molecule has 0 aliphatic carbocycles. The van der Waals surface area contributed by atoms with Gasteiger partial charge >= 0.3 is 0 Å². The largest absolute Gasteiger partial charge is 0.339 e. The van der Waals surface area contributed by atoms with Gasteiger partial charge in [0.15, 0.2) is 0 Å². The Balaban J connectivity index is 2.41. The number of hydrogen-bond acceptors (Lipinski definition) is 1. The molecule has 2 N–H and O–H groups in total. The molecular formula is C15H16N2. The molecule has 3 aromatic rings. The lowest BCUT2D eigenvalue weighted by Gasteiger charge is -2.09. The van der Waals surface area contributed by atoms with Crippen molar-refractivity contribution in [2.45, 2.75) is 19.5 Å². The third kappa shape index (κ3) is 1.61. The van der Waals surface area contributed by atoms with Crippen LogP contribution in [0.2, 0.25) is 0 Å². The fourth-order valence-corrected chi connectivity index (χ4v) is 2.49. The van der Waals surface area contributed by atoms with Crippen molar-refractivity contribution in [2.24, 2.45) is 5.73 Å². The summed E-state index contributed by atoms with van der Waals surface area (Å²) in [7, 11) is 0. The summed E-state index contributed by atoms with van der Waals surface area (Å²) in [5.41, 5.74) is 8.48. The molecule has 1 atom stereocenters. The summed E-state index contributed by atoms with van der Waals surface area (Å²) in [4.78, 5) is 0. The van der Waals surface area contributed by atoms with Crippen LogP contribution in [0.3, 0.4) is 0 Å². The Kier molecular flexibility index (Phi) is 2.37. The van der Waals surface area contributed by atoms with Gasteiger partial charge in [0, 0.05) is 34.4 Å². The first-order valence-electron chi connectivity index (χ1n) is 5.99. The monoisotopic (exact) mass is 224 g/mol. The normalized spacial score (nSPS) is 13.3. The number of aromatic nitrogens is 1. The molecule has 0 unspecified atom stereocenters. The van der Waals surface area contributed by atoms with Crippen LogP contribution in [0.25, 0.3) is 21.8 Å². The molecule has 2 nitrogen and oxygen atoms in total. The fourth-order valence-electron chi connectivity index (χ4n) is 2.49. The van der Waals surface area contributed by atoms with Gasteiger partial charge in [-0.05, 0) is 19.1 Å². The number of nitrogens with zero attached hydrogens (tertiary/aromatic N) is 1. The van der Waals surface area contributed by atoms with Gasteiger partial charge in [0.05, 0.1) is 0 Å². The van der Waals surface area contributed by atoms with Crippen molar-refractivity contribution in [3.8, 4) is 0 Å². The number of hydrogen-bond donors (Lipinski definition) is 1. The van der Waals surface area contributed by atoms with Gasteiger partial charge in [-0.1, -0.05) is 36.4 Å². The highest BCUT2D eigenvalue weighted by molar-refractivity contribution is 6.07. The Bertz CT molecular complexity index is 612. The molecule has 0 saturated carbocycles. The smallest absolute Gasteiger partial charge is 0.0491 e. The van der Waals surface area contributed by atoms with Gasteiger partial charge in [0.25, 0.3) is 0 Å². The highest BCUT2D eigenvalue weighted by Crippen LogP contribution is 2.28. The maximum Gasteiger partial charge on any atom is 0.0491 e. The minimum Gasteiger partial charge on any atom is -0.339 e. The van der Waals surface area contributed by atoms with Crippen molar-refractivity contribution < 1.29 is 0 Å². The molecule has 0 spiro atoms. The highest BCUT2D eigenvalue weighted by Gasteiger charge is 2.09. The van der Waals surface area contributed by atoms with Gasteiger partial charge < -0.3 is 10.3 Å². The molecule has 0 radical (unpaired) electrons. The number of fused-ring (bicyclic) bond motifs is 3. The standard InChI is InChI=1S/C15H16N2/c1-11(16)10-17-14-8-4-2-6-12(14)13-7-3-5-9-15(13)17/h2-9,11H,10,16H2,1H3/t11-/m1/s1. The van der Waals surface area contributed by atoms with E-state index < -0.39 is 0 Å². The van der Waals surface area contributed by atoms with E-state index in [1.807, 2.05) is 6.92 Å². The first-order chi connectivity index (χ1) is 8.27. The molecule has 1 heterocycles. The maximum absolute atomic E-state index is 5.94. The summed E-state index contributed by atoms with van der Waals surface area (Å²) >= 11 is 0. The number of rotatable bonds is 2. The molecule has 0 bridgehead atoms. The van der Waals surface area contributed by atoms with Gasteiger partial charge in [-0.25, -0.2) is 0 Å². The van der Waals surface area contributed by atoms with Crippen LogP contribution in [0, 0.1) is 0 Å². The van der Waals surface area contributed by atoms with E-state index in [0.29, 0.717) is 0 Å². The molecule has 2 aromatic carbocycles. The van der Waals surface area contributed by atoms with E-state index >= 15 is 0 Å². The second-order valence-electron chi connectivity index (χ2n) is 4.62. The van der Waals surface area contributed by atoms with Gasteiger partial charge in [-0.2, -0.15) is 0 Å². The van der Waals surface area contributed by atoms with E-state index in [-0.39, 0.29) is 6.04 Å². The second-order valence-corrected chi connectivity index (χ2v) is 4.62. The predicted octanol–water partition coefficient (Wildman–Crippen LogP) is 3.14. The first kappa shape index (κ1) is 10.4. The molecule has 0 fully saturated rings. The summed E-state index contributed by atoms with van der Waals surface area (Å²) in [6.45, 7) is 2.90. The van der Waals surface area contributed by atoms with Crippen LogP contribution in [0.4, 0.5) is 0 Å². The third-order valence-corrected chi connectivity index (χ3v) is 3.15. The maximum atomic E-state index is 5.94. The zero-order valence-corrected chi connectivity index (χ0v) is 9.93. The van der Waals surface area contributed by atoms with Crippen LogP contribution in [0.1, 0.15) is 6.92 Å². The van der Waals surface area contributed by atoms with E-state index in [1.165, 1.54) is 21.8 Å². The third-order valence-electron chi connectivity index (χ3n) is 3.15. The summed E-state index contributed by atoms with van der Waals surface area (Å²) < 4.78 is 2.31. The van der Waals surface area contributed by atoms with Gasteiger partial charge in [-0.3, -0.25) is 0 Å². The van der Waals surface area contributed by atoms with Crippen LogP contribution < -0.4 is 5.73 Å². The second kappa shape index (κ2) is 3.90. The summed E-state index contributed by atoms with van der Waals surface area (Å²) in [5.74, 6) is 0. The Labute approximate surface area is 101 Å². The lowest BCUT2D eigenvalue weighted by molar-refractivity contribution is 0.618. The number of para-hydroxylation sites is 2. The van der Waals surface area contributed by atoms with E-state index in [2.05, 4.69) is 53.1 Å². The molecular weight excluding hydrogens is 208 g/mol. The zero-order chi connectivity index (χ0) is 11.8. The highest BCUT2D eigenvalue weighted by atomic mass is 15.0. The SMILES string of the molecule is C[C@@H](N)Cn1c2ccccc2c2ccccc21. The quantitative estimate of drug-likeness (QED) is 0.712. The predicted molar refractivity (Wildman–Crippen MR) is 73.1 cm³/mol. The van der Waals surface area contributed by atoms with Crippen molar-refractivity contribution in [3.63, 3.8) is 0 Å². The van der Waals surface area contributed by atoms with Crippen molar-refractivity contribution in [3.05, 3.63) is 48.5 Å². The van der Waals surface area contributed by atoms with Crippen LogP contribution in [-0.2, 0) is 6.54 Å². The minimum absolute atomic E-state index is 0.161. The minimum atomic E-state index is 0.161. The molecule has 2 heteroatoms. The Hall–Kier alpha value is -1.80. The molecule has 86 valence electrons. The Morgan fingerprint density at radius 1 is 0.941 bits per heavy atom. The van der Waals surface area contributed by atoms with Gasteiger partial charge in [0.2, 0.25) is 0 Å². The lowest BCUT2D eigenvalue weighted by Crippen LogP contribution is -2.21. The molecule has 17 heavy (non-hydrogen) atoms. The summed E-state index contributed by atoms with van der Waals surface area (Å²) in [6, 6.07) is 17.2. The van der Waals surface area contributed by atoms with Crippen molar-refractivity contribution >= 4 is 21.8 Å². The van der Waals surface area contributed by atoms with Crippen LogP contribution >= 0.6 is 0 Å².